The van der Waals surface area contributed by atoms with Crippen LogP contribution in [0.15, 0.2) is 24.3 Å². The molecule has 43 heavy (non-hydrogen) atoms. The van der Waals surface area contributed by atoms with Gasteiger partial charge in [-0.25, -0.2) is 9.59 Å². The monoisotopic (exact) mass is 660 g/mol. The summed E-state index contributed by atoms with van der Waals surface area (Å²) >= 11 is 16.6. The third-order valence-electron chi connectivity index (χ3n) is 5.69. The SMILES string of the molecule is CC(C)(C)OC(=O)N1CCN(Cc2ccc(Cl)nn2)CC1.CC(C)(C)OC(=O)N1CCNCC1.ClCc1ccc(Cl)nn1. The van der Waals surface area contributed by atoms with Crippen LogP contribution in [0.2, 0.25) is 10.3 Å². The van der Waals surface area contributed by atoms with Gasteiger partial charge in [-0.1, -0.05) is 23.2 Å². The van der Waals surface area contributed by atoms with Crippen molar-refractivity contribution in [1.82, 2.24) is 40.4 Å². The summed E-state index contributed by atoms with van der Waals surface area (Å²) in [6.45, 7) is 18.1. The molecule has 2 aliphatic heterocycles. The number of carbonyl (C=O) groups is 2. The number of carbonyl (C=O) groups excluding carboxylic acids is 2. The van der Waals surface area contributed by atoms with Crippen molar-refractivity contribution in [2.75, 3.05) is 52.4 Å². The maximum atomic E-state index is 12.0. The van der Waals surface area contributed by atoms with Crippen LogP contribution in [0.5, 0.6) is 0 Å². The van der Waals surface area contributed by atoms with E-state index in [2.05, 4.69) is 30.6 Å². The third-order valence-corrected chi connectivity index (χ3v) is 6.37. The minimum Gasteiger partial charge on any atom is -0.444 e. The van der Waals surface area contributed by atoms with Crippen LogP contribution in [-0.4, -0.2) is 111 Å². The first kappa shape index (κ1) is 36.7. The quantitative estimate of drug-likeness (QED) is 0.455. The molecule has 0 aromatic carbocycles. The summed E-state index contributed by atoms with van der Waals surface area (Å²) in [5.74, 6) is 0.379. The zero-order chi connectivity index (χ0) is 32.0. The van der Waals surface area contributed by atoms with Gasteiger partial charge in [0.15, 0.2) is 10.3 Å². The Balaban J connectivity index is 0.000000249. The third kappa shape index (κ3) is 15.7. The van der Waals surface area contributed by atoms with E-state index in [1.54, 1.807) is 28.0 Å². The van der Waals surface area contributed by atoms with Crippen molar-refractivity contribution in [3.8, 4) is 0 Å². The number of alkyl halides is 1. The average molecular weight is 662 g/mol. The Labute approximate surface area is 269 Å². The fourth-order valence-electron chi connectivity index (χ4n) is 3.66. The van der Waals surface area contributed by atoms with Crippen molar-refractivity contribution < 1.29 is 19.1 Å². The van der Waals surface area contributed by atoms with Crippen LogP contribution in [0.25, 0.3) is 0 Å². The van der Waals surface area contributed by atoms with Crippen LogP contribution in [0, 0.1) is 0 Å². The summed E-state index contributed by atoms with van der Waals surface area (Å²) in [7, 11) is 0. The summed E-state index contributed by atoms with van der Waals surface area (Å²) in [5.41, 5.74) is 0.779. The van der Waals surface area contributed by atoms with Gasteiger partial charge in [-0.3, -0.25) is 4.90 Å². The Hall–Kier alpha value is -2.51. The van der Waals surface area contributed by atoms with Crippen LogP contribution in [0.3, 0.4) is 0 Å². The number of nitrogens with one attached hydrogen (secondary N) is 1. The number of piperazine rings is 2. The molecule has 12 nitrogen and oxygen atoms in total. The highest BCUT2D eigenvalue weighted by atomic mass is 35.5. The highest BCUT2D eigenvalue weighted by Crippen LogP contribution is 2.13. The zero-order valence-corrected chi connectivity index (χ0v) is 28.0. The fraction of sp³-hybridized carbons (Fsp3) is 0.643. The Kier molecular flexibility index (Phi) is 15.1. The number of nitrogens with zero attached hydrogens (tertiary/aromatic N) is 7. The standard InChI is InChI=1S/C14H21ClN4O2.C9H18N2O2.C5H4Cl2N2/c1-14(2,3)21-13(20)19-8-6-18(7-9-19)10-11-4-5-12(15)17-16-11;1-9(2,3)13-8(12)11-6-4-10-5-7-11;6-3-4-1-2-5(7)9-8-4/h4-5H,6-10H2,1-3H3;10H,4-7H2,1-3H3;1-2H,3H2. The van der Waals surface area contributed by atoms with Gasteiger partial charge in [-0.15, -0.1) is 21.8 Å². The van der Waals surface area contributed by atoms with E-state index in [1.807, 2.05) is 47.6 Å². The van der Waals surface area contributed by atoms with Crippen molar-refractivity contribution in [2.45, 2.75) is 65.2 Å². The molecule has 2 aromatic heterocycles. The smallest absolute Gasteiger partial charge is 0.410 e. The highest BCUT2D eigenvalue weighted by Gasteiger charge is 2.26. The molecule has 0 bridgehead atoms. The van der Waals surface area contributed by atoms with E-state index in [0.717, 1.165) is 50.7 Å². The fourth-order valence-corrected chi connectivity index (χ4v) is 4.00. The van der Waals surface area contributed by atoms with E-state index in [0.29, 0.717) is 35.8 Å². The molecule has 2 amide bonds. The predicted molar refractivity (Wildman–Crippen MR) is 167 cm³/mol. The molecule has 4 heterocycles. The van der Waals surface area contributed by atoms with Gasteiger partial charge in [0.2, 0.25) is 0 Å². The van der Waals surface area contributed by atoms with Crippen molar-refractivity contribution >= 4 is 47.0 Å². The number of ether oxygens (including phenoxy) is 2. The number of aromatic nitrogens is 4. The molecule has 0 radical (unpaired) electrons. The second-order valence-corrected chi connectivity index (χ2v) is 12.8. The first-order valence-corrected chi connectivity index (χ1v) is 15.4. The van der Waals surface area contributed by atoms with Crippen molar-refractivity contribution in [2.24, 2.45) is 0 Å². The van der Waals surface area contributed by atoms with Crippen LogP contribution >= 0.6 is 34.8 Å². The molecule has 2 aromatic rings. The second kappa shape index (κ2) is 17.7. The zero-order valence-electron chi connectivity index (χ0n) is 25.8. The lowest BCUT2D eigenvalue weighted by molar-refractivity contribution is 0.0137. The molecule has 0 atom stereocenters. The highest BCUT2D eigenvalue weighted by molar-refractivity contribution is 6.29. The maximum absolute atomic E-state index is 12.0. The number of hydrogen-bond acceptors (Lipinski definition) is 10. The van der Waals surface area contributed by atoms with E-state index in [4.69, 9.17) is 44.3 Å². The normalized spacial score (nSPS) is 15.8. The van der Waals surface area contributed by atoms with Gasteiger partial charge in [-0.05, 0) is 65.8 Å². The van der Waals surface area contributed by atoms with Gasteiger partial charge in [0.1, 0.15) is 11.2 Å². The summed E-state index contributed by atoms with van der Waals surface area (Å²) in [4.78, 5) is 29.2. The molecule has 2 saturated heterocycles. The molecule has 1 N–H and O–H groups in total. The molecule has 0 unspecified atom stereocenters. The number of hydrogen-bond donors (Lipinski definition) is 1. The number of rotatable bonds is 3. The van der Waals surface area contributed by atoms with Crippen molar-refractivity contribution in [1.29, 1.82) is 0 Å². The van der Waals surface area contributed by atoms with Crippen molar-refractivity contribution in [3.63, 3.8) is 0 Å². The Morgan fingerprint density at radius 1 is 0.721 bits per heavy atom. The van der Waals surface area contributed by atoms with Gasteiger partial charge in [0, 0.05) is 58.9 Å². The molecule has 15 heteroatoms. The molecule has 2 fully saturated rings. The van der Waals surface area contributed by atoms with Crippen molar-refractivity contribution in [3.05, 3.63) is 46.0 Å². The van der Waals surface area contributed by atoms with Crippen LogP contribution in [-0.2, 0) is 21.9 Å². The Morgan fingerprint density at radius 3 is 1.56 bits per heavy atom. The lowest BCUT2D eigenvalue weighted by Gasteiger charge is -2.35. The maximum Gasteiger partial charge on any atom is 0.410 e. The average Bonchev–Trinajstić information content (AvgIpc) is 2.94. The Bertz CT molecular complexity index is 1110. The number of halogens is 3. The van der Waals surface area contributed by atoms with E-state index in [9.17, 15) is 9.59 Å². The summed E-state index contributed by atoms with van der Waals surface area (Å²) in [5, 5.41) is 19.1. The lowest BCUT2D eigenvalue weighted by atomic mass is 10.2. The largest absolute Gasteiger partial charge is 0.444 e. The lowest BCUT2D eigenvalue weighted by Crippen LogP contribution is -2.49. The molecule has 0 spiro atoms. The first-order valence-electron chi connectivity index (χ1n) is 14.1. The molecule has 0 aliphatic carbocycles. The summed E-state index contributed by atoms with van der Waals surface area (Å²) in [6.07, 6.45) is -0.442. The first-order chi connectivity index (χ1) is 20.1. The molecule has 4 rings (SSSR count). The van der Waals surface area contributed by atoms with Crippen LogP contribution < -0.4 is 5.32 Å². The minimum atomic E-state index is -0.451. The van der Waals surface area contributed by atoms with E-state index in [1.165, 1.54) is 0 Å². The van der Waals surface area contributed by atoms with Gasteiger partial charge in [0.05, 0.1) is 17.3 Å². The molecular formula is C28H43Cl3N8O4. The van der Waals surface area contributed by atoms with Gasteiger partial charge < -0.3 is 24.6 Å². The number of amides is 2. The van der Waals surface area contributed by atoms with Crippen LogP contribution in [0.1, 0.15) is 52.9 Å². The van der Waals surface area contributed by atoms with E-state index < -0.39 is 5.60 Å². The molecular weight excluding hydrogens is 619 g/mol. The summed E-state index contributed by atoms with van der Waals surface area (Å²) in [6, 6.07) is 7.00. The van der Waals surface area contributed by atoms with Gasteiger partial charge in [-0.2, -0.15) is 10.2 Å². The summed E-state index contributed by atoms with van der Waals surface area (Å²) < 4.78 is 10.6. The molecule has 2 aliphatic rings. The van der Waals surface area contributed by atoms with Crippen LogP contribution in [0.4, 0.5) is 9.59 Å². The minimum absolute atomic E-state index is 0.200. The Morgan fingerprint density at radius 2 is 1.16 bits per heavy atom. The predicted octanol–water partition coefficient (Wildman–Crippen LogP) is 4.88. The topological polar surface area (TPSA) is 126 Å². The van der Waals surface area contributed by atoms with E-state index in [-0.39, 0.29) is 17.8 Å². The molecule has 0 saturated carbocycles. The molecule has 240 valence electrons. The van der Waals surface area contributed by atoms with Gasteiger partial charge in [0.25, 0.3) is 0 Å². The van der Waals surface area contributed by atoms with Gasteiger partial charge >= 0.3 is 12.2 Å². The van der Waals surface area contributed by atoms with E-state index >= 15 is 0 Å². The second-order valence-electron chi connectivity index (χ2n) is 11.8.